The third kappa shape index (κ3) is 2.64. The average molecular weight is 348 g/mol. The molecular weight excluding hydrogens is 333 g/mol. The lowest BCUT2D eigenvalue weighted by Crippen LogP contribution is -2.27. The van der Waals surface area contributed by atoms with Gasteiger partial charge >= 0.3 is 0 Å². The average Bonchev–Trinajstić information content (AvgIpc) is 2.55. The van der Waals surface area contributed by atoms with Gasteiger partial charge in [-0.1, -0.05) is 17.7 Å². The van der Waals surface area contributed by atoms with E-state index in [-0.39, 0.29) is 16.7 Å². The maximum atomic E-state index is 13.7. The van der Waals surface area contributed by atoms with Crippen molar-refractivity contribution < 1.29 is 9.13 Å². The minimum Gasteiger partial charge on any atom is -0.494 e. The summed E-state index contributed by atoms with van der Waals surface area (Å²) in [5.74, 6) is -0.152. The van der Waals surface area contributed by atoms with E-state index >= 15 is 0 Å². The van der Waals surface area contributed by atoms with Crippen molar-refractivity contribution in [2.75, 3.05) is 7.11 Å². The van der Waals surface area contributed by atoms with Crippen LogP contribution in [0.15, 0.2) is 41.2 Å². The maximum absolute atomic E-state index is 13.7. The molecule has 3 rings (SSSR count). The molecule has 0 spiro atoms. The largest absolute Gasteiger partial charge is 0.494 e. The van der Waals surface area contributed by atoms with Crippen LogP contribution in [0.1, 0.15) is 18.8 Å². The molecule has 0 unspecified atom stereocenters. The Balaban J connectivity index is 2.42. The van der Waals surface area contributed by atoms with E-state index in [0.29, 0.717) is 22.1 Å². The van der Waals surface area contributed by atoms with Crippen LogP contribution in [-0.4, -0.2) is 16.7 Å². The fraction of sp³-hybridized carbons (Fsp3) is 0.176. The number of nitrogens with zero attached hydrogens (tertiary/aromatic N) is 2. The second kappa shape index (κ2) is 6.22. The minimum atomic E-state index is -0.525. The zero-order valence-corrected chi connectivity index (χ0v) is 13.8. The van der Waals surface area contributed by atoms with Crippen LogP contribution in [0.5, 0.6) is 5.75 Å². The Hall–Kier alpha value is -2.44. The summed E-state index contributed by atoms with van der Waals surface area (Å²) in [7, 11) is 1.35. The second-order valence-electron chi connectivity index (χ2n) is 5.35. The molecule has 5 nitrogen and oxygen atoms in total. The Morgan fingerprint density at radius 1 is 1.33 bits per heavy atom. The summed E-state index contributed by atoms with van der Waals surface area (Å²) in [6.07, 6.45) is 0. The van der Waals surface area contributed by atoms with Gasteiger partial charge in [-0.25, -0.2) is 9.37 Å². The van der Waals surface area contributed by atoms with Crippen molar-refractivity contribution in [3.63, 3.8) is 0 Å². The molecule has 2 N–H and O–H groups in total. The van der Waals surface area contributed by atoms with Crippen LogP contribution in [0, 0.1) is 5.82 Å². The van der Waals surface area contributed by atoms with Gasteiger partial charge in [-0.05, 0) is 31.2 Å². The van der Waals surface area contributed by atoms with E-state index in [1.165, 1.54) is 29.9 Å². The molecule has 0 aliphatic heterocycles. The van der Waals surface area contributed by atoms with Crippen LogP contribution in [0.4, 0.5) is 4.39 Å². The first-order chi connectivity index (χ1) is 11.4. The highest BCUT2D eigenvalue weighted by molar-refractivity contribution is 6.35. The van der Waals surface area contributed by atoms with E-state index < -0.39 is 11.9 Å². The normalized spacial score (nSPS) is 12.4. The van der Waals surface area contributed by atoms with Crippen LogP contribution in [0.3, 0.4) is 0 Å². The number of halogens is 2. The Kier molecular flexibility index (Phi) is 4.26. The molecule has 3 aromatic rings. The van der Waals surface area contributed by atoms with Crippen molar-refractivity contribution >= 4 is 22.5 Å². The number of rotatable bonds is 3. The summed E-state index contributed by atoms with van der Waals surface area (Å²) >= 11 is 6.17. The van der Waals surface area contributed by atoms with Crippen molar-refractivity contribution in [3.05, 3.63) is 63.4 Å². The zero-order valence-electron chi connectivity index (χ0n) is 13.1. The van der Waals surface area contributed by atoms with Gasteiger partial charge in [-0.15, -0.1) is 0 Å². The minimum absolute atomic E-state index is 0.0225. The first-order valence-corrected chi connectivity index (χ1v) is 7.62. The molecule has 0 aliphatic carbocycles. The fourth-order valence-electron chi connectivity index (χ4n) is 2.55. The molecule has 1 heterocycles. The zero-order chi connectivity index (χ0) is 17.4. The number of methoxy groups -OCH3 is 1. The number of hydrogen-bond acceptors (Lipinski definition) is 4. The van der Waals surface area contributed by atoms with Gasteiger partial charge < -0.3 is 10.5 Å². The maximum Gasteiger partial charge on any atom is 0.267 e. The second-order valence-corrected chi connectivity index (χ2v) is 5.76. The van der Waals surface area contributed by atoms with Crippen molar-refractivity contribution in [3.8, 4) is 11.4 Å². The Morgan fingerprint density at radius 3 is 2.75 bits per heavy atom. The van der Waals surface area contributed by atoms with Gasteiger partial charge in [-0.2, -0.15) is 0 Å². The smallest absolute Gasteiger partial charge is 0.267 e. The number of hydrogen-bond donors (Lipinski definition) is 1. The van der Waals surface area contributed by atoms with E-state index in [2.05, 4.69) is 4.98 Å². The van der Waals surface area contributed by atoms with Crippen molar-refractivity contribution in [2.45, 2.75) is 13.0 Å². The van der Waals surface area contributed by atoms with E-state index in [0.717, 1.165) is 0 Å². The number of benzene rings is 2. The van der Waals surface area contributed by atoms with Crippen LogP contribution < -0.4 is 16.0 Å². The summed E-state index contributed by atoms with van der Waals surface area (Å²) in [4.78, 5) is 17.5. The van der Waals surface area contributed by atoms with Gasteiger partial charge in [0, 0.05) is 6.07 Å². The lowest BCUT2D eigenvalue weighted by molar-refractivity contribution is 0.386. The molecule has 0 saturated heterocycles. The highest BCUT2D eigenvalue weighted by Gasteiger charge is 2.18. The number of nitrogens with two attached hydrogens (primary N) is 1. The third-order valence-electron chi connectivity index (χ3n) is 3.67. The number of ether oxygens (including phenoxy) is 1. The third-order valence-corrected chi connectivity index (χ3v) is 3.99. The van der Waals surface area contributed by atoms with Gasteiger partial charge in [0.1, 0.15) is 5.82 Å². The van der Waals surface area contributed by atoms with Crippen LogP contribution in [0.25, 0.3) is 16.6 Å². The van der Waals surface area contributed by atoms with Crippen LogP contribution >= 0.6 is 11.6 Å². The summed E-state index contributed by atoms with van der Waals surface area (Å²) in [5, 5.41) is 0.580. The summed E-state index contributed by atoms with van der Waals surface area (Å²) in [6, 6.07) is 8.63. The molecule has 0 bridgehead atoms. The quantitative estimate of drug-likeness (QED) is 0.789. The van der Waals surface area contributed by atoms with Gasteiger partial charge in [0.05, 0.1) is 34.8 Å². The van der Waals surface area contributed by atoms with Gasteiger partial charge in [0.25, 0.3) is 5.56 Å². The highest BCUT2D eigenvalue weighted by atomic mass is 35.5. The van der Waals surface area contributed by atoms with E-state index in [1.54, 1.807) is 25.1 Å². The van der Waals surface area contributed by atoms with Crippen LogP contribution in [0.2, 0.25) is 5.02 Å². The molecule has 0 radical (unpaired) electrons. The van der Waals surface area contributed by atoms with Crippen molar-refractivity contribution in [2.24, 2.45) is 5.73 Å². The molecule has 0 saturated carbocycles. The van der Waals surface area contributed by atoms with E-state index in [9.17, 15) is 9.18 Å². The lowest BCUT2D eigenvalue weighted by Gasteiger charge is -2.17. The molecule has 0 aliphatic rings. The lowest BCUT2D eigenvalue weighted by atomic mass is 10.2. The number of aromatic nitrogens is 2. The van der Waals surface area contributed by atoms with Crippen molar-refractivity contribution in [1.29, 1.82) is 0 Å². The Morgan fingerprint density at radius 2 is 2.08 bits per heavy atom. The first kappa shape index (κ1) is 16.4. The molecule has 0 amide bonds. The van der Waals surface area contributed by atoms with E-state index in [1.807, 2.05) is 0 Å². The summed E-state index contributed by atoms with van der Waals surface area (Å²) in [5.41, 5.74) is 6.49. The topological polar surface area (TPSA) is 70.1 Å². The molecule has 0 fully saturated rings. The highest BCUT2D eigenvalue weighted by Crippen LogP contribution is 2.25. The SMILES string of the molecule is COc1cc(-n2c([C@H](C)N)nc3cccc(Cl)c3c2=O)ccc1F. The molecule has 24 heavy (non-hydrogen) atoms. The molecule has 124 valence electrons. The molecule has 1 atom stereocenters. The molecular formula is C17H15ClFN3O2. The summed E-state index contributed by atoms with van der Waals surface area (Å²) in [6.45, 7) is 1.72. The number of fused-ring (bicyclic) bond motifs is 1. The summed E-state index contributed by atoms with van der Waals surface area (Å²) < 4.78 is 20.0. The van der Waals surface area contributed by atoms with Crippen molar-refractivity contribution in [1.82, 2.24) is 9.55 Å². The standard InChI is InChI=1S/C17H15ClFN3O2/c1-9(20)16-21-13-5-3-4-11(18)15(13)17(23)22(16)10-6-7-12(19)14(8-10)24-2/h3-9H,20H2,1-2H3/t9-/m0/s1. The fourth-order valence-corrected chi connectivity index (χ4v) is 2.80. The molecule has 1 aromatic heterocycles. The Labute approximate surface area is 142 Å². The van der Waals surface area contributed by atoms with Gasteiger partial charge in [-0.3, -0.25) is 9.36 Å². The Bertz CT molecular complexity index is 985. The monoisotopic (exact) mass is 347 g/mol. The predicted octanol–water partition coefficient (Wildman–Crippen LogP) is 3.21. The predicted molar refractivity (Wildman–Crippen MR) is 91.5 cm³/mol. The van der Waals surface area contributed by atoms with E-state index in [4.69, 9.17) is 22.1 Å². The van der Waals surface area contributed by atoms with Gasteiger partial charge in [0.15, 0.2) is 11.6 Å². The molecule has 7 heteroatoms. The molecule has 2 aromatic carbocycles. The first-order valence-electron chi connectivity index (χ1n) is 7.24. The van der Waals surface area contributed by atoms with Gasteiger partial charge in [0.2, 0.25) is 0 Å². The van der Waals surface area contributed by atoms with Crippen LogP contribution in [-0.2, 0) is 0 Å².